The highest BCUT2D eigenvalue weighted by Crippen LogP contribution is 2.42. The van der Waals surface area contributed by atoms with Crippen LogP contribution in [-0.2, 0) is 10.4 Å². The third-order valence-corrected chi connectivity index (χ3v) is 7.44. The predicted octanol–water partition coefficient (Wildman–Crippen LogP) is 5.89. The normalized spacial score (nSPS) is 16.7. The van der Waals surface area contributed by atoms with Crippen LogP contribution in [0, 0.1) is 11.7 Å². The van der Waals surface area contributed by atoms with Crippen LogP contribution in [0.3, 0.4) is 0 Å². The van der Waals surface area contributed by atoms with Gasteiger partial charge in [-0.05, 0) is 70.6 Å². The fourth-order valence-electron chi connectivity index (χ4n) is 5.30. The van der Waals surface area contributed by atoms with E-state index >= 15 is 0 Å². The number of carbonyl (C=O) groups is 1. The Bertz CT molecular complexity index is 1490. The maximum atomic E-state index is 14.2. The zero-order valence-electron chi connectivity index (χ0n) is 25.3. The van der Waals surface area contributed by atoms with Crippen LogP contribution >= 0.6 is 11.6 Å². The Morgan fingerprint density at radius 3 is 2.65 bits per heavy atom. The van der Waals surface area contributed by atoms with Crippen molar-refractivity contribution in [3.05, 3.63) is 65.6 Å². The van der Waals surface area contributed by atoms with E-state index in [1.54, 1.807) is 39.3 Å². The highest BCUT2D eigenvalue weighted by Gasteiger charge is 2.32. The minimum absolute atomic E-state index is 0.0953. The number of nitrogens with zero attached hydrogens (tertiary/aromatic N) is 4. The smallest absolute Gasteiger partial charge is 0.247 e. The van der Waals surface area contributed by atoms with Crippen molar-refractivity contribution in [2.75, 3.05) is 55.1 Å². The standard InChI is InChI=1S/C31H39ClFN7O3/c1-8-29(41)36-24-14-25(27(43-7)15-26(24)40-16-18(2)11-19(40)17-39(5)6)37-30-34-10-9-28(38-30)35-23-13-21(32)22(33)12-20(23)31(3,4)42/h8-10,12-15,18-19,42H,1,11,16-17H2,2-7H3,(H,36,41)(H2,34,35,37,38)/t18-,19+/m0/s1. The summed E-state index contributed by atoms with van der Waals surface area (Å²) in [4.78, 5) is 25.8. The molecule has 0 unspecified atom stereocenters. The molecule has 43 heavy (non-hydrogen) atoms. The van der Waals surface area contributed by atoms with Gasteiger partial charge in [0.25, 0.3) is 0 Å². The quantitative estimate of drug-likeness (QED) is 0.197. The number of aliphatic hydroxyl groups is 1. The van der Waals surface area contributed by atoms with E-state index in [-0.39, 0.29) is 22.9 Å². The van der Waals surface area contributed by atoms with E-state index in [9.17, 15) is 14.3 Å². The Balaban J connectivity index is 1.69. The van der Waals surface area contributed by atoms with Crippen molar-refractivity contribution >= 4 is 52.0 Å². The number of halogens is 2. The van der Waals surface area contributed by atoms with Crippen LogP contribution in [0.25, 0.3) is 0 Å². The zero-order valence-corrected chi connectivity index (χ0v) is 26.1. The summed E-state index contributed by atoms with van der Waals surface area (Å²) in [6, 6.07) is 8.18. The third-order valence-electron chi connectivity index (χ3n) is 7.15. The second kappa shape index (κ2) is 13.2. The molecule has 2 atom stereocenters. The van der Waals surface area contributed by atoms with E-state index in [0.29, 0.717) is 40.1 Å². The average Bonchev–Trinajstić information content (AvgIpc) is 3.29. The maximum Gasteiger partial charge on any atom is 0.247 e. The number of nitrogens with one attached hydrogen (secondary N) is 3. The van der Waals surface area contributed by atoms with E-state index in [1.807, 2.05) is 20.2 Å². The number of methoxy groups -OCH3 is 1. The van der Waals surface area contributed by atoms with E-state index in [0.717, 1.165) is 25.2 Å². The van der Waals surface area contributed by atoms with Gasteiger partial charge >= 0.3 is 0 Å². The van der Waals surface area contributed by atoms with Crippen LogP contribution in [0.5, 0.6) is 5.75 Å². The first-order valence-corrected chi connectivity index (χ1v) is 14.3. The molecule has 1 fully saturated rings. The molecule has 12 heteroatoms. The molecule has 4 N–H and O–H groups in total. The van der Waals surface area contributed by atoms with Crippen molar-refractivity contribution < 1.29 is 19.0 Å². The van der Waals surface area contributed by atoms with Gasteiger partial charge in [-0.3, -0.25) is 4.79 Å². The number of aromatic nitrogens is 2. The van der Waals surface area contributed by atoms with Gasteiger partial charge in [0, 0.05) is 42.6 Å². The molecule has 1 aliphatic heterocycles. The first kappa shape index (κ1) is 32.0. The van der Waals surface area contributed by atoms with Crippen molar-refractivity contribution in [1.29, 1.82) is 0 Å². The molecule has 4 rings (SSSR count). The number of carbonyl (C=O) groups excluding carboxylic acids is 1. The Kier molecular flexibility index (Phi) is 9.79. The summed E-state index contributed by atoms with van der Waals surface area (Å²) in [5.41, 5.74) is 1.33. The molecule has 1 saturated heterocycles. The first-order chi connectivity index (χ1) is 20.3. The Morgan fingerprint density at radius 2 is 2.00 bits per heavy atom. The van der Waals surface area contributed by atoms with E-state index < -0.39 is 11.4 Å². The summed E-state index contributed by atoms with van der Waals surface area (Å²) in [5, 5.41) is 19.8. The summed E-state index contributed by atoms with van der Waals surface area (Å²) >= 11 is 6.04. The van der Waals surface area contributed by atoms with Crippen LogP contribution in [0.2, 0.25) is 5.02 Å². The molecule has 0 bridgehead atoms. The van der Waals surface area contributed by atoms with Crippen molar-refractivity contribution in [1.82, 2.24) is 14.9 Å². The van der Waals surface area contributed by atoms with Gasteiger partial charge in [0.05, 0.1) is 34.8 Å². The van der Waals surface area contributed by atoms with Gasteiger partial charge in [0.2, 0.25) is 11.9 Å². The van der Waals surface area contributed by atoms with Crippen LogP contribution in [0.15, 0.2) is 49.2 Å². The fourth-order valence-corrected chi connectivity index (χ4v) is 5.46. The summed E-state index contributed by atoms with van der Waals surface area (Å²) in [6.07, 6.45) is 3.80. The molecule has 2 aromatic carbocycles. The van der Waals surface area contributed by atoms with Crippen LogP contribution in [0.4, 0.5) is 38.9 Å². The van der Waals surface area contributed by atoms with Crippen LogP contribution in [-0.4, -0.2) is 66.2 Å². The molecule has 0 saturated carbocycles. The highest BCUT2D eigenvalue weighted by molar-refractivity contribution is 6.31. The van der Waals surface area contributed by atoms with Gasteiger partial charge in [0.15, 0.2) is 0 Å². The summed E-state index contributed by atoms with van der Waals surface area (Å²) in [7, 11) is 5.67. The number of hydrogen-bond acceptors (Lipinski definition) is 9. The lowest BCUT2D eigenvalue weighted by Gasteiger charge is -2.31. The minimum atomic E-state index is -1.35. The average molecular weight is 612 g/mol. The fraction of sp³-hybridized carbons (Fsp3) is 0.387. The van der Waals surface area contributed by atoms with Crippen molar-refractivity contribution in [3.63, 3.8) is 0 Å². The number of anilines is 6. The number of rotatable bonds is 11. The van der Waals surface area contributed by atoms with Crippen molar-refractivity contribution in [2.24, 2.45) is 5.92 Å². The number of hydrogen-bond donors (Lipinski definition) is 4. The van der Waals surface area contributed by atoms with Gasteiger partial charge in [0.1, 0.15) is 17.4 Å². The molecule has 10 nitrogen and oxygen atoms in total. The summed E-state index contributed by atoms with van der Waals surface area (Å²) < 4.78 is 20.0. The molecule has 0 aliphatic carbocycles. The Hall–Kier alpha value is -3.93. The van der Waals surface area contributed by atoms with Gasteiger partial charge < -0.3 is 35.6 Å². The second-order valence-corrected chi connectivity index (χ2v) is 12.0. The van der Waals surface area contributed by atoms with Gasteiger partial charge in [-0.1, -0.05) is 25.1 Å². The predicted molar refractivity (Wildman–Crippen MR) is 171 cm³/mol. The number of likely N-dealkylation sites (N-methyl/N-ethyl adjacent to an activating group) is 1. The molecular formula is C31H39ClFN7O3. The third kappa shape index (κ3) is 7.73. The van der Waals surface area contributed by atoms with E-state index in [2.05, 4.69) is 49.2 Å². The molecule has 230 valence electrons. The second-order valence-electron chi connectivity index (χ2n) is 11.6. The Morgan fingerprint density at radius 1 is 1.26 bits per heavy atom. The molecule has 1 aliphatic rings. The largest absolute Gasteiger partial charge is 0.494 e. The van der Waals surface area contributed by atoms with Gasteiger partial charge in [-0.25, -0.2) is 9.37 Å². The lowest BCUT2D eigenvalue weighted by atomic mass is 9.96. The monoisotopic (exact) mass is 611 g/mol. The molecule has 0 radical (unpaired) electrons. The summed E-state index contributed by atoms with van der Waals surface area (Å²) in [5.74, 6) is 0.645. The molecule has 3 aromatic rings. The van der Waals surface area contributed by atoms with Crippen molar-refractivity contribution in [3.8, 4) is 5.75 Å². The highest BCUT2D eigenvalue weighted by atomic mass is 35.5. The minimum Gasteiger partial charge on any atom is -0.494 e. The van der Waals surface area contributed by atoms with Crippen LogP contribution < -0.4 is 25.6 Å². The molecule has 1 amide bonds. The summed E-state index contributed by atoms with van der Waals surface area (Å²) in [6.45, 7) is 10.6. The van der Waals surface area contributed by atoms with Crippen LogP contribution in [0.1, 0.15) is 32.8 Å². The van der Waals surface area contributed by atoms with Crippen molar-refractivity contribution in [2.45, 2.75) is 38.8 Å². The lowest BCUT2D eigenvalue weighted by Crippen LogP contribution is -2.38. The van der Waals surface area contributed by atoms with E-state index in [4.69, 9.17) is 16.3 Å². The molecule has 0 spiro atoms. The molecule has 1 aromatic heterocycles. The lowest BCUT2D eigenvalue weighted by molar-refractivity contribution is -0.111. The maximum absolute atomic E-state index is 14.2. The molecular weight excluding hydrogens is 573 g/mol. The number of amides is 1. The SMILES string of the molecule is C=CC(=O)Nc1cc(Nc2nccc(Nc3cc(Cl)c(F)cc3C(C)(C)O)n2)c(OC)cc1N1C[C@@H](C)C[C@@H]1CN(C)C. The number of benzene rings is 2. The first-order valence-electron chi connectivity index (χ1n) is 13.9. The molecule has 2 heterocycles. The van der Waals surface area contributed by atoms with E-state index in [1.165, 1.54) is 18.2 Å². The topological polar surface area (TPSA) is 115 Å². The zero-order chi connectivity index (χ0) is 31.5. The van der Waals surface area contributed by atoms with Gasteiger partial charge in [-0.2, -0.15) is 4.98 Å². The number of ether oxygens (including phenoxy) is 1. The van der Waals surface area contributed by atoms with Gasteiger partial charge in [-0.15, -0.1) is 0 Å². The Labute approximate surface area is 256 Å².